The third-order valence-corrected chi connectivity index (χ3v) is 2.68. The average Bonchev–Trinajstić information content (AvgIpc) is 2.20. The first-order valence-electron chi connectivity index (χ1n) is 5.80. The van der Waals surface area contributed by atoms with Crippen LogP contribution in [0.4, 0.5) is 4.79 Å². The first kappa shape index (κ1) is 12.8. The van der Waals surface area contributed by atoms with Crippen LogP contribution in [0.2, 0.25) is 0 Å². The van der Waals surface area contributed by atoms with Gasteiger partial charge >= 0.3 is 12.1 Å². The number of amides is 1. The Labute approximate surface area is 95.4 Å². The lowest BCUT2D eigenvalue weighted by molar-refractivity contribution is -0.139. The van der Waals surface area contributed by atoms with Gasteiger partial charge in [-0.15, -0.1) is 0 Å². The third-order valence-electron chi connectivity index (χ3n) is 2.68. The molecule has 1 unspecified atom stereocenters. The van der Waals surface area contributed by atoms with Crippen LogP contribution in [-0.4, -0.2) is 41.3 Å². The second kappa shape index (κ2) is 6.35. The molecular formula is C11H19NO4. The summed E-state index contributed by atoms with van der Waals surface area (Å²) < 4.78 is 5.05. The second-order valence-corrected chi connectivity index (χ2v) is 4.09. The predicted molar refractivity (Wildman–Crippen MR) is 58.2 cm³/mol. The maximum atomic E-state index is 11.5. The summed E-state index contributed by atoms with van der Waals surface area (Å²) in [6.45, 7) is 3.43. The third kappa shape index (κ3) is 4.08. The highest BCUT2D eigenvalue weighted by Crippen LogP contribution is 2.15. The Hall–Kier alpha value is -1.26. The van der Waals surface area contributed by atoms with Crippen LogP contribution in [-0.2, 0) is 9.53 Å². The van der Waals surface area contributed by atoms with Crippen molar-refractivity contribution in [1.82, 2.24) is 4.90 Å². The summed E-state index contributed by atoms with van der Waals surface area (Å²) in [6, 6.07) is 0. The fraction of sp³-hybridized carbons (Fsp3) is 0.818. The van der Waals surface area contributed by atoms with Crippen LogP contribution >= 0.6 is 0 Å². The first-order valence-corrected chi connectivity index (χ1v) is 5.80. The number of nitrogens with zero attached hydrogens (tertiary/aromatic N) is 1. The molecule has 0 aromatic heterocycles. The maximum Gasteiger partial charge on any atom is 0.410 e. The Balaban J connectivity index is 2.28. The van der Waals surface area contributed by atoms with Crippen LogP contribution in [0.25, 0.3) is 0 Å². The van der Waals surface area contributed by atoms with Gasteiger partial charge in [-0.2, -0.15) is 0 Å². The Morgan fingerprint density at radius 2 is 2.31 bits per heavy atom. The normalized spacial score (nSPS) is 20.7. The fourth-order valence-electron chi connectivity index (χ4n) is 1.76. The summed E-state index contributed by atoms with van der Waals surface area (Å²) in [7, 11) is 0. The van der Waals surface area contributed by atoms with E-state index in [1.165, 1.54) is 0 Å². The van der Waals surface area contributed by atoms with Crippen molar-refractivity contribution in [3.05, 3.63) is 0 Å². The van der Waals surface area contributed by atoms with Crippen LogP contribution in [0.5, 0.6) is 0 Å². The second-order valence-electron chi connectivity index (χ2n) is 4.09. The quantitative estimate of drug-likeness (QED) is 0.706. The zero-order chi connectivity index (χ0) is 12.0. The smallest absolute Gasteiger partial charge is 0.410 e. The lowest BCUT2D eigenvalue weighted by Gasteiger charge is -2.31. The van der Waals surface area contributed by atoms with Gasteiger partial charge in [0.25, 0.3) is 0 Å². The summed E-state index contributed by atoms with van der Waals surface area (Å²) >= 11 is 0. The van der Waals surface area contributed by atoms with Gasteiger partial charge in [-0.1, -0.05) is 19.8 Å². The molecule has 0 aromatic rings. The van der Waals surface area contributed by atoms with E-state index in [-0.39, 0.29) is 12.5 Å². The number of cyclic esters (lactones) is 1. The van der Waals surface area contributed by atoms with Crippen molar-refractivity contribution in [3.8, 4) is 0 Å². The van der Waals surface area contributed by atoms with Crippen molar-refractivity contribution >= 4 is 12.1 Å². The molecule has 1 amide bonds. The van der Waals surface area contributed by atoms with E-state index in [1.807, 2.05) is 0 Å². The Morgan fingerprint density at radius 3 is 2.88 bits per heavy atom. The highest BCUT2D eigenvalue weighted by molar-refractivity contribution is 5.71. The van der Waals surface area contributed by atoms with Crippen molar-refractivity contribution in [2.45, 2.75) is 45.1 Å². The van der Waals surface area contributed by atoms with Crippen molar-refractivity contribution in [3.63, 3.8) is 0 Å². The molecule has 92 valence electrons. The molecule has 1 fully saturated rings. The number of carbonyl (C=O) groups is 2. The zero-order valence-electron chi connectivity index (χ0n) is 9.65. The lowest BCUT2D eigenvalue weighted by Crippen LogP contribution is -2.43. The minimum Gasteiger partial charge on any atom is -0.481 e. The van der Waals surface area contributed by atoms with E-state index < -0.39 is 12.1 Å². The summed E-state index contributed by atoms with van der Waals surface area (Å²) in [5.41, 5.74) is 0. The van der Waals surface area contributed by atoms with E-state index in [1.54, 1.807) is 4.90 Å². The molecule has 0 bridgehead atoms. The molecule has 0 radical (unpaired) electrons. The number of unbranched alkanes of at least 4 members (excludes halogenated alkanes) is 2. The van der Waals surface area contributed by atoms with Crippen molar-refractivity contribution in [1.29, 1.82) is 0 Å². The van der Waals surface area contributed by atoms with Crippen LogP contribution < -0.4 is 0 Å². The van der Waals surface area contributed by atoms with Gasteiger partial charge in [0.15, 0.2) is 0 Å². The van der Waals surface area contributed by atoms with Crippen LogP contribution in [0, 0.1) is 0 Å². The SMILES string of the molecule is CCCCCN1CCC(CC(=O)O)OC1=O. The van der Waals surface area contributed by atoms with Gasteiger partial charge in [-0.05, 0) is 6.42 Å². The van der Waals surface area contributed by atoms with E-state index in [2.05, 4.69) is 6.92 Å². The molecular weight excluding hydrogens is 210 g/mol. The van der Waals surface area contributed by atoms with Crippen molar-refractivity contribution in [2.24, 2.45) is 0 Å². The highest BCUT2D eigenvalue weighted by Gasteiger charge is 2.27. The minimum absolute atomic E-state index is 0.0888. The lowest BCUT2D eigenvalue weighted by atomic mass is 10.1. The molecule has 0 aliphatic carbocycles. The monoisotopic (exact) mass is 229 g/mol. The summed E-state index contributed by atoms with van der Waals surface area (Å²) in [5.74, 6) is -0.919. The summed E-state index contributed by atoms with van der Waals surface area (Å²) in [6.07, 6.45) is 2.90. The number of ether oxygens (including phenoxy) is 1. The molecule has 5 heteroatoms. The molecule has 0 spiro atoms. The van der Waals surface area contributed by atoms with E-state index in [0.29, 0.717) is 19.5 Å². The standard InChI is InChI=1S/C11H19NO4/c1-2-3-4-6-12-7-5-9(8-10(13)14)16-11(12)15/h9H,2-8H2,1H3,(H,13,14). The molecule has 16 heavy (non-hydrogen) atoms. The van der Waals surface area contributed by atoms with Crippen molar-refractivity contribution in [2.75, 3.05) is 13.1 Å². The number of aliphatic carboxylic acids is 1. The molecule has 1 aliphatic rings. The Kier molecular flexibility index (Phi) is 5.08. The van der Waals surface area contributed by atoms with E-state index >= 15 is 0 Å². The van der Waals surface area contributed by atoms with Gasteiger partial charge in [0.05, 0.1) is 6.42 Å². The Bertz CT molecular complexity index is 254. The molecule has 0 aromatic carbocycles. The van der Waals surface area contributed by atoms with Crippen LogP contribution in [0.1, 0.15) is 39.0 Å². The largest absolute Gasteiger partial charge is 0.481 e. The fourth-order valence-corrected chi connectivity index (χ4v) is 1.76. The maximum absolute atomic E-state index is 11.5. The topological polar surface area (TPSA) is 66.8 Å². The molecule has 1 N–H and O–H groups in total. The molecule has 1 saturated heterocycles. The number of carboxylic acid groups (broad SMARTS) is 1. The zero-order valence-corrected chi connectivity index (χ0v) is 9.65. The van der Waals surface area contributed by atoms with Crippen LogP contribution in [0.15, 0.2) is 0 Å². The number of carboxylic acids is 1. The van der Waals surface area contributed by atoms with Gasteiger partial charge < -0.3 is 14.7 Å². The molecule has 5 nitrogen and oxygen atoms in total. The summed E-state index contributed by atoms with van der Waals surface area (Å²) in [5, 5.41) is 8.59. The van der Waals surface area contributed by atoms with E-state index in [9.17, 15) is 9.59 Å². The van der Waals surface area contributed by atoms with Gasteiger partial charge in [0, 0.05) is 19.5 Å². The number of hydrogen-bond donors (Lipinski definition) is 1. The molecule has 1 heterocycles. The van der Waals surface area contributed by atoms with Gasteiger partial charge in [0.1, 0.15) is 6.10 Å². The van der Waals surface area contributed by atoms with Gasteiger partial charge in [-0.25, -0.2) is 4.79 Å². The molecule has 1 atom stereocenters. The number of carbonyl (C=O) groups excluding carboxylic acids is 1. The van der Waals surface area contributed by atoms with Gasteiger partial charge in [0.2, 0.25) is 0 Å². The van der Waals surface area contributed by atoms with Gasteiger partial charge in [-0.3, -0.25) is 4.79 Å². The van der Waals surface area contributed by atoms with E-state index in [0.717, 1.165) is 19.3 Å². The Morgan fingerprint density at radius 1 is 1.56 bits per heavy atom. The number of hydrogen-bond acceptors (Lipinski definition) is 3. The molecule has 1 aliphatic heterocycles. The number of rotatable bonds is 6. The minimum atomic E-state index is -0.919. The molecule has 0 saturated carbocycles. The first-order chi connectivity index (χ1) is 7.63. The van der Waals surface area contributed by atoms with E-state index in [4.69, 9.17) is 9.84 Å². The average molecular weight is 229 g/mol. The van der Waals surface area contributed by atoms with Crippen LogP contribution in [0.3, 0.4) is 0 Å². The molecule has 1 rings (SSSR count). The highest BCUT2D eigenvalue weighted by atomic mass is 16.6. The summed E-state index contributed by atoms with van der Waals surface area (Å²) in [4.78, 5) is 23.6. The van der Waals surface area contributed by atoms with Crippen molar-refractivity contribution < 1.29 is 19.4 Å². The predicted octanol–water partition coefficient (Wildman–Crippen LogP) is 1.86.